The summed E-state index contributed by atoms with van der Waals surface area (Å²) in [6.45, 7) is -0.274. The highest BCUT2D eigenvalue weighted by molar-refractivity contribution is 6.36. The third kappa shape index (κ3) is 7.45. The standard InChI is InChI=1S/C24H18Cl3N3O5/c1-34-21-10-14(2-9-20(21)35-24(33)18-8-7-17(26)11-19(18)27)12-29-30-22(31)13-28-23(32)15-3-5-16(25)6-4-15/h2-12H,13H2,1H3,(H,28,32)(H,30,31)/b29-12+. The number of carbonyl (C=O) groups is 3. The fourth-order valence-electron chi connectivity index (χ4n) is 2.74. The summed E-state index contributed by atoms with van der Waals surface area (Å²) in [5.41, 5.74) is 3.38. The molecule has 0 aliphatic rings. The Hall–Kier alpha value is -3.59. The Morgan fingerprint density at radius 3 is 2.31 bits per heavy atom. The van der Waals surface area contributed by atoms with Crippen molar-refractivity contribution in [3.63, 3.8) is 0 Å². The van der Waals surface area contributed by atoms with Crippen molar-refractivity contribution in [3.05, 3.63) is 92.4 Å². The van der Waals surface area contributed by atoms with Crippen molar-refractivity contribution in [2.75, 3.05) is 13.7 Å². The Bertz CT molecular complexity index is 1280. The van der Waals surface area contributed by atoms with Crippen LogP contribution in [0.5, 0.6) is 11.5 Å². The number of hydrogen-bond acceptors (Lipinski definition) is 6. The molecule has 8 nitrogen and oxygen atoms in total. The first kappa shape index (κ1) is 26.0. The van der Waals surface area contributed by atoms with E-state index < -0.39 is 17.8 Å². The van der Waals surface area contributed by atoms with E-state index in [-0.39, 0.29) is 28.6 Å². The lowest BCUT2D eigenvalue weighted by Crippen LogP contribution is -2.34. The lowest BCUT2D eigenvalue weighted by Gasteiger charge is -2.10. The van der Waals surface area contributed by atoms with Crippen LogP contribution in [0, 0.1) is 0 Å². The van der Waals surface area contributed by atoms with Crippen LogP contribution in [0.1, 0.15) is 26.3 Å². The molecule has 35 heavy (non-hydrogen) atoms. The average Bonchev–Trinajstić information content (AvgIpc) is 2.83. The average molecular weight is 535 g/mol. The maximum absolute atomic E-state index is 12.4. The molecule has 0 aliphatic heterocycles. The van der Waals surface area contributed by atoms with Gasteiger partial charge in [0.1, 0.15) is 0 Å². The second-order valence-corrected chi connectivity index (χ2v) is 8.19. The van der Waals surface area contributed by atoms with Gasteiger partial charge in [-0.25, -0.2) is 10.2 Å². The Kier molecular flexibility index (Phi) is 9.08. The molecule has 0 bridgehead atoms. The quantitative estimate of drug-likeness (QED) is 0.188. The highest BCUT2D eigenvalue weighted by Crippen LogP contribution is 2.30. The fraction of sp³-hybridized carbons (Fsp3) is 0.0833. The SMILES string of the molecule is COc1cc(/C=N/NC(=O)CNC(=O)c2ccc(Cl)cc2)ccc1OC(=O)c1ccc(Cl)cc1Cl. The summed E-state index contributed by atoms with van der Waals surface area (Å²) in [7, 11) is 1.41. The first-order valence-corrected chi connectivity index (χ1v) is 11.1. The zero-order valence-electron chi connectivity index (χ0n) is 18.2. The van der Waals surface area contributed by atoms with Crippen LogP contribution in [0.4, 0.5) is 0 Å². The molecule has 11 heteroatoms. The van der Waals surface area contributed by atoms with E-state index in [1.807, 2.05) is 0 Å². The number of carbonyl (C=O) groups excluding carboxylic acids is 3. The van der Waals surface area contributed by atoms with Gasteiger partial charge in [0.05, 0.1) is 30.5 Å². The van der Waals surface area contributed by atoms with Gasteiger partial charge in [0.15, 0.2) is 11.5 Å². The normalized spacial score (nSPS) is 10.6. The molecule has 0 radical (unpaired) electrons. The van der Waals surface area contributed by atoms with Crippen molar-refractivity contribution in [3.8, 4) is 11.5 Å². The Labute approximate surface area is 215 Å². The van der Waals surface area contributed by atoms with Crippen molar-refractivity contribution in [1.29, 1.82) is 0 Å². The number of nitrogens with zero attached hydrogens (tertiary/aromatic N) is 1. The largest absolute Gasteiger partial charge is 0.493 e. The summed E-state index contributed by atoms with van der Waals surface area (Å²) in [6.07, 6.45) is 1.36. The number of hydrazone groups is 1. The molecule has 2 amide bonds. The first-order chi connectivity index (χ1) is 16.8. The molecule has 0 aliphatic carbocycles. The predicted molar refractivity (Wildman–Crippen MR) is 134 cm³/mol. The number of benzene rings is 3. The second kappa shape index (κ2) is 12.2. The number of rotatable bonds is 8. The van der Waals surface area contributed by atoms with Gasteiger partial charge < -0.3 is 14.8 Å². The van der Waals surface area contributed by atoms with Crippen LogP contribution in [0.3, 0.4) is 0 Å². The van der Waals surface area contributed by atoms with Crippen LogP contribution >= 0.6 is 34.8 Å². The zero-order valence-corrected chi connectivity index (χ0v) is 20.4. The van der Waals surface area contributed by atoms with E-state index in [2.05, 4.69) is 15.8 Å². The molecule has 2 N–H and O–H groups in total. The van der Waals surface area contributed by atoms with Crippen molar-refractivity contribution in [2.45, 2.75) is 0 Å². The third-order valence-electron chi connectivity index (χ3n) is 4.46. The van der Waals surface area contributed by atoms with E-state index >= 15 is 0 Å². The number of methoxy groups -OCH3 is 1. The van der Waals surface area contributed by atoms with Gasteiger partial charge in [-0.05, 0) is 66.2 Å². The lowest BCUT2D eigenvalue weighted by molar-refractivity contribution is -0.120. The number of halogens is 3. The minimum absolute atomic E-state index is 0.148. The van der Waals surface area contributed by atoms with Gasteiger partial charge in [-0.15, -0.1) is 0 Å². The van der Waals surface area contributed by atoms with Crippen LogP contribution in [0.15, 0.2) is 65.8 Å². The third-order valence-corrected chi connectivity index (χ3v) is 5.26. The minimum atomic E-state index is -0.681. The van der Waals surface area contributed by atoms with E-state index in [1.165, 1.54) is 37.6 Å². The van der Waals surface area contributed by atoms with Crippen molar-refractivity contribution in [1.82, 2.24) is 10.7 Å². The van der Waals surface area contributed by atoms with Crippen molar-refractivity contribution < 1.29 is 23.9 Å². The van der Waals surface area contributed by atoms with E-state index in [1.54, 1.807) is 36.4 Å². The molecule has 0 spiro atoms. The fourth-order valence-corrected chi connectivity index (χ4v) is 3.35. The first-order valence-electron chi connectivity index (χ1n) is 9.97. The van der Waals surface area contributed by atoms with Gasteiger partial charge in [0.2, 0.25) is 0 Å². The summed E-state index contributed by atoms with van der Waals surface area (Å²) in [5.74, 6) is -1.21. The van der Waals surface area contributed by atoms with Crippen LogP contribution in [-0.2, 0) is 4.79 Å². The summed E-state index contributed by atoms with van der Waals surface area (Å²) in [6, 6.07) is 15.3. The molecule has 0 aromatic heterocycles. The van der Waals surface area contributed by atoms with E-state index in [4.69, 9.17) is 44.3 Å². The van der Waals surface area contributed by atoms with Gasteiger partial charge in [0.25, 0.3) is 11.8 Å². The van der Waals surface area contributed by atoms with Gasteiger partial charge >= 0.3 is 5.97 Å². The number of amides is 2. The topological polar surface area (TPSA) is 106 Å². The van der Waals surface area contributed by atoms with E-state index in [0.717, 1.165) is 0 Å². The van der Waals surface area contributed by atoms with Gasteiger partial charge in [0, 0.05) is 15.6 Å². The van der Waals surface area contributed by atoms with Gasteiger partial charge in [-0.3, -0.25) is 9.59 Å². The van der Waals surface area contributed by atoms with Crippen LogP contribution in [-0.4, -0.2) is 37.7 Å². The molecular formula is C24H18Cl3N3O5. The van der Waals surface area contributed by atoms with Crippen LogP contribution < -0.4 is 20.2 Å². The van der Waals surface area contributed by atoms with Gasteiger partial charge in [-0.1, -0.05) is 34.8 Å². The monoisotopic (exact) mass is 533 g/mol. The smallest absolute Gasteiger partial charge is 0.345 e. The number of esters is 1. The van der Waals surface area contributed by atoms with Crippen LogP contribution in [0.25, 0.3) is 0 Å². The molecule has 180 valence electrons. The number of nitrogens with one attached hydrogen (secondary N) is 2. The highest BCUT2D eigenvalue weighted by Gasteiger charge is 2.16. The predicted octanol–water partition coefficient (Wildman–Crippen LogP) is 4.75. The molecule has 0 fully saturated rings. The van der Waals surface area contributed by atoms with E-state index in [9.17, 15) is 14.4 Å². The second-order valence-electron chi connectivity index (χ2n) is 6.91. The Morgan fingerprint density at radius 1 is 0.914 bits per heavy atom. The molecule has 3 aromatic carbocycles. The lowest BCUT2D eigenvalue weighted by atomic mass is 10.2. The Morgan fingerprint density at radius 2 is 1.63 bits per heavy atom. The number of hydrogen-bond donors (Lipinski definition) is 2. The van der Waals surface area contributed by atoms with Gasteiger partial charge in [-0.2, -0.15) is 5.10 Å². The van der Waals surface area contributed by atoms with Crippen molar-refractivity contribution in [2.24, 2.45) is 5.10 Å². The Balaban J connectivity index is 1.55. The molecule has 0 atom stereocenters. The highest BCUT2D eigenvalue weighted by atomic mass is 35.5. The zero-order chi connectivity index (χ0) is 25.4. The maximum Gasteiger partial charge on any atom is 0.345 e. The van der Waals surface area contributed by atoms with E-state index in [0.29, 0.717) is 21.2 Å². The summed E-state index contributed by atoms with van der Waals surface area (Å²) in [5, 5.41) is 7.38. The maximum atomic E-state index is 12.4. The minimum Gasteiger partial charge on any atom is -0.493 e. The summed E-state index contributed by atoms with van der Waals surface area (Å²) in [4.78, 5) is 36.4. The molecular weight excluding hydrogens is 517 g/mol. The molecule has 0 unspecified atom stereocenters. The molecule has 3 rings (SSSR count). The molecule has 3 aromatic rings. The van der Waals surface area contributed by atoms with Crippen LogP contribution in [0.2, 0.25) is 15.1 Å². The molecule has 0 saturated carbocycles. The summed E-state index contributed by atoms with van der Waals surface area (Å²) < 4.78 is 10.7. The summed E-state index contributed by atoms with van der Waals surface area (Å²) >= 11 is 17.7. The van der Waals surface area contributed by atoms with Crippen molar-refractivity contribution >= 4 is 58.8 Å². The molecule has 0 saturated heterocycles. The molecule has 0 heterocycles. The number of ether oxygens (including phenoxy) is 2.